The highest BCUT2D eigenvalue weighted by molar-refractivity contribution is 7.92. The zero-order chi connectivity index (χ0) is 21.7. The van der Waals surface area contributed by atoms with Crippen LogP contribution >= 0.6 is 11.3 Å². The molecule has 30 heavy (non-hydrogen) atoms. The second-order valence-electron chi connectivity index (χ2n) is 5.91. The largest absolute Gasteiger partial charge is 0.324 e. The Balaban J connectivity index is 1.63. The van der Waals surface area contributed by atoms with Crippen LogP contribution in [0.4, 0.5) is 16.6 Å². The molecule has 0 aliphatic rings. The Morgan fingerprint density at radius 1 is 1.17 bits per heavy atom. The maximum absolute atomic E-state index is 12.4. The lowest BCUT2D eigenvalue weighted by molar-refractivity contribution is -0.380. The number of hydrogen-bond donors (Lipinski definition) is 2. The van der Waals surface area contributed by atoms with E-state index >= 15 is 0 Å². The number of nitrogens with one attached hydrogen (secondary N) is 2. The number of carbonyl (C=O) groups is 1. The molecule has 2 N–H and O–H groups in total. The summed E-state index contributed by atoms with van der Waals surface area (Å²) in [5.41, 5.74) is 0.999. The molecule has 2 aromatic heterocycles. The molecule has 0 radical (unpaired) electrons. The smallest absolute Gasteiger partial charge is 0.323 e. The lowest BCUT2D eigenvalue weighted by Gasteiger charge is -2.08. The topological polar surface area (TPSA) is 144 Å². The van der Waals surface area contributed by atoms with Crippen molar-refractivity contribution < 1.29 is 18.1 Å². The molecule has 0 saturated heterocycles. The van der Waals surface area contributed by atoms with Crippen molar-refractivity contribution in [3.05, 3.63) is 75.4 Å². The molecule has 0 aliphatic carbocycles. The van der Waals surface area contributed by atoms with Gasteiger partial charge in [-0.05, 0) is 49.4 Å². The van der Waals surface area contributed by atoms with Crippen LogP contribution in [0.3, 0.4) is 0 Å². The first-order valence-corrected chi connectivity index (χ1v) is 10.7. The summed E-state index contributed by atoms with van der Waals surface area (Å²) in [5, 5.41) is 13.2. The third-order valence-electron chi connectivity index (χ3n) is 3.64. The average molecular weight is 445 g/mol. The summed E-state index contributed by atoms with van der Waals surface area (Å²) in [6.45, 7) is 1.71. The maximum atomic E-state index is 12.4. The van der Waals surface area contributed by atoms with E-state index in [1.165, 1.54) is 54.7 Å². The highest BCUT2D eigenvalue weighted by Crippen LogP contribution is 2.25. The van der Waals surface area contributed by atoms with Gasteiger partial charge in [-0.15, -0.1) is 0 Å². The predicted molar refractivity (Wildman–Crippen MR) is 113 cm³/mol. The van der Waals surface area contributed by atoms with E-state index in [4.69, 9.17) is 0 Å². The first-order valence-electron chi connectivity index (χ1n) is 8.39. The number of amides is 1. The Morgan fingerprint density at radius 2 is 1.90 bits per heavy atom. The number of carbonyl (C=O) groups excluding carboxylic acids is 1. The molecule has 0 saturated carbocycles. The number of sulfonamides is 1. The first kappa shape index (κ1) is 21.1. The summed E-state index contributed by atoms with van der Waals surface area (Å²) in [7, 11) is -3.88. The molecule has 0 bridgehead atoms. The Hall–Kier alpha value is -3.64. The van der Waals surface area contributed by atoms with E-state index in [1.807, 2.05) is 0 Å². The monoisotopic (exact) mass is 445 g/mol. The molecule has 10 nitrogen and oxygen atoms in total. The van der Waals surface area contributed by atoms with Gasteiger partial charge in [-0.1, -0.05) is 11.3 Å². The standard InChI is InChI=1S/C18H15N5O5S2/c1-12-10-11-19-18(20-12)22-30(27,28)15-6-2-13(3-7-15)21-16(24)8-4-14-5-9-17(29-14)23(25)26/h2-11H,1H3,(H,21,24)(H,19,20,22)/b8-4+. The molecule has 0 fully saturated rings. The van der Waals surface area contributed by atoms with Crippen LogP contribution in [0.1, 0.15) is 10.6 Å². The van der Waals surface area contributed by atoms with E-state index in [2.05, 4.69) is 20.0 Å². The second-order valence-corrected chi connectivity index (χ2v) is 8.68. The molecule has 0 atom stereocenters. The van der Waals surface area contributed by atoms with Crippen LogP contribution < -0.4 is 10.0 Å². The SMILES string of the molecule is Cc1ccnc(NS(=O)(=O)c2ccc(NC(=O)/C=C/c3ccc([N+](=O)[O-])s3)cc2)n1. The minimum atomic E-state index is -3.88. The summed E-state index contributed by atoms with van der Waals surface area (Å²) >= 11 is 0.946. The molecule has 154 valence electrons. The summed E-state index contributed by atoms with van der Waals surface area (Å²) in [6.07, 6.45) is 4.13. The number of aryl methyl sites for hydroxylation is 1. The van der Waals surface area contributed by atoms with Crippen molar-refractivity contribution in [1.29, 1.82) is 0 Å². The second kappa shape index (κ2) is 8.80. The third kappa shape index (κ3) is 5.46. The van der Waals surface area contributed by atoms with Gasteiger partial charge in [-0.25, -0.2) is 23.1 Å². The van der Waals surface area contributed by atoms with Crippen LogP contribution in [0.25, 0.3) is 6.08 Å². The van der Waals surface area contributed by atoms with Gasteiger partial charge in [0.25, 0.3) is 10.0 Å². The number of anilines is 2. The lowest BCUT2D eigenvalue weighted by atomic mass is 10.3. The van der Waals surface area contributed by atoms with Crippen LogP contribution in [-0.2, 0) is 14.8 Å². The third-order valence-corrected chi connectivity index (χ3v) is 5.99. The molecule has 1 amide bonds. The van der Waals surface area contributed by atoms with Crippen molar-refractivity contribution in [3.63, 3.8) is 0 Å². The van der Waals surface area contributed by atoms with Gasteiger partial charge >= 0.3 is 5.00 Å². The van der Waals surface area contributed by atoms with Gasteiger partial charge in [0, 0.05) is 34.6 Å². The van der Waals surface area contributed by atoms with Crippen LogP contribution in [-0.4, -0.2) is 29.2 Å². The van der Waals surface area contributed by atoms with Gasteiger partial charge < -0.3 is 5.32 Å². The van der Waals surface area contributed by atoms with Crippen molar-refractivity contribution in [2.24, 2.45) is 0 Å². The molecule has 0 spiro atoms. The first-order chi connectivity index (χ1) is 14.2. The predicted octanol–water partition coefficient (Wildman–Crippen LogP) is 3.21. The Kier molecular flexibility index (Phi) is 6.18. The van der Waals surface area contributed by atoms with Gasteiger partial charge in [0.15, 0.2) is 0 Å². The van der Waals surface area contributed by atoms with Crippen molar-refractivity contribution in [3.8, 4) is 0 Å². The molecular formula is C18H15N5O5S2. The highest BCUT2D eigenvalue weighted by atomic mass is 32.2. The molecule has 1 aromatic carbocycles. The van der Waals surface area contributed by atoms with Crippen LogP contribution in [0.5, 0.6) is 0 Å². The van der Waals surface area contributed by atoms with E-state index in [9.17, 15) is 23.3 Å². The van der Waals surface area contributed by atoms with Crippen molar-refractivity contribution >= 4 is 50.0 Å². The zero-order valence-corrected chi connectivity index (χ0v) is 17.1. The molecule has 3 aromatic rings. The van der Waals surface area contributed by atoms with Gasteiger partial charge in [-0.2, -0.15) is 0 Å². The number of benzene rings is 1. The van der Waals surface area contributed by atoms with E-state index in [0.717, 1.165) is 11.3 Å². The summed E-state index contributed by atoms with van der Waals surface area (Å²) < 4.78 is 27.1. The van der Waals surface area contributed by atoms with E-state index < -0.39 is 20.9 Å². The fourth-order valence-corrected chi connectivity index (χ4v) is 3.94. The van der Waals surface area contributed by atoms with E-state index in [-0.39, 0.29) is 15.8 Å². The van der Waals surface area contributed by atoms with Gasteiger partial charge in [-0.3, -0.25) is 14.9 Å². The molecule has 3 rings (SSSR count). The minimum Gasteiger partial charge on any atom is -0.323 e. The molecule has 0 unspecified atom stereocenters. The summed E-state index contributed by atoms with van der Waals surface area (Å²) in [5.74, 6) is -0.501. The molecule has 12 heteroatoms. The fourth-order valence-electron chi connectivity index (χ4n) is 2.27. The number of nitro groups is 1. The molecular weight excluding hydrogens is 430 g/mol. The zero-order valence-electron chi connectivity index (χ0n) is 15.5. The number of hydrogen-bond acceptors (Lipinski definition) is 8. The molecule has 0 aliphatic heterocycles. The van der Waals surface area contributed by atoms with Gasteiger partial charge in [0.05, 0.1) is 9.82 Å². The van der Waals surface area contributed by atoms with Crippen molar-refractivity contribution in [2.75, 3.05) is 10.0 Å². The number of nitrogens with zero attached hydrogens (tertiary/aromatic N) is 3. The summed E-state index contributed by atoms with van der Waals surface area (Å²) in [4.78, 5) is 30.6. The highest BCUT2D eigenvalue weighted by Gasteiger charge is 2.16. The number of aromatic nitrogens is 2. The summed E-state index contributed by atoms with van der Waals surface area (Å²) in [6, 6.07) is 10.1. The van der Waals surface area contributed by atoms with Crippen molar-refractivity contribution in [1.82, 2.24) is 9.97 Å². The van der Waals surface area contributed by atoms with Gasteiger partial charge in [0.2, 0.25) is 11.9 Å². The Bertz CT molecular complexity index is 1220. The maximum Gasteiger partial charge on any atom is 0.324 e. The lowest BCUT2D eigenvalue weighted by Crippen LogP contribution is -2.15. The minimum absolute atomic E-state index is 0.0171. The van der Waals surface area contributed by atoms with Crippen LogP contribution in [0.15, 0.2) is 59.6 Å². The number of thiophene rings is 1. The Morgan fingerprint density at radius 3 is 2.53 bits per heavy atom. The Labute approximate surface area is 175 Å². The number of rotatable bonds is 7. The fraction of sp³-hybridized carbons (Fsp3) is 0.0556. The van der Waals surface area contributed by atoms with Crippen LogP contribution in [0.2, 0.25) is 0 Å². The molecule has 2 heterocycles. The van der Waals surface area contributed by atoms with Crippen molar-refractivity contribution in [2.45, 2.75) is 11.8 Å². The average Bonchev–Trinajstić information content (AvgIpc) is 3.16. The van der Waals surface area contributed by atoms with E-state index in [0.29, 0.717) is 16.3 Å². The quantitative estimate of drug-likeness (QED) is 0.323. The normalized spacial score (nSPS) is 11.4. The van der Waals surface area contributed by atoms with Crippen LogP contribution in [0, 0.1) is 17.0 Å². The van der Waals surface area contributed by atoms with E-state index in [1.54, 1.807) is 13.0 Å². The van der Waals surface area contributed by atoms with Gasteiger partial charge in [0.1, 0.15) is 0 Å².